The largest absolute Gasteiger partial charge is 0.543 e. The molecule has 0 aliphatic heterocycles. The van der Waals surface area contributed by atoms with E-state index in [1.165, 1.54) is 4.68 Å². The molecule has 1 aromatic heterocycles. The summed E-state index contributed by atoms with van der Waals surface area (Å²) in [6, 6.07) is 7.61. The summed E-state index contributed by atoms with van der Waals surface area (Å²) in [5.74, 6) is -0.968. The quantitative estimate of drug-likeness (QED) is 0.798. The summed E-state index contributed by atoms with van der Waals surface area (Å²) < 4.78 is 1.49. The number of nitrogens with one attached hydrogen (secondary N) is 1. The Hall–Kier alpha value is -2.37. The van der Waals surface area contributed by atoms with E-state index in [1.807, 2.05) is 31.2 Å². The third kappa shape index (κ3) is 2.96. The Morgan fingerprint density at radius 3 is 2.65 bits per heavy atom. The van der Waals surface area contributed by atoms with Gasteiger partial charge >= 0.3 is 0 Å². The van der Waals surface area contributed by atoms with Crippen LogP contribution in [0.3, 0.4) is 0 Å². The zero-order chi connectivity index (χ0) is 14.5. The monoisotopic (exact) mass is 273 g/mol. The number of hydrogen-bond donors (Lipinski definition) is 1. The highest BCUT2D eigenvalue weighted by Gasteiger charge is 2.14. The Kier molecular flexibility index (Phi) is 4.34. The molecule has 0 aliphatic rings. The van der Waals surface area contributed by atoms with Gasteiger partial charge in [-0.3, -0.25) is 0 Å². The van der Waals surface area contributed by atoms with Gasteiger partial charge in [0.25, 0.3) is 0 Å². The Bertz CT molecular complexity index is 590. The summed E-state index contributed by atoms with van der Waals surface area (Å²) in [6.45, 7) is 4.71. The fourth-order valence-electron chi connectivity index (χ4n) is 1.83. The summed E-state index contributed by atoms with van der Waals surface area (Å²) in [7, 11) is 0. The topological polar surface area (TPSA) is 82.9 Å². The smallest absolute Gasteiger partial charge is 0.159 e. The number of hydrogen-bond acceptors (Lipinski definition) is 5. The van der Waals surface area contributed by atoms with Crippen molar-refractivity contribution in [2.75, 3.05) is 11.9 Å². The number of rotatable bonds is 6. The molecule has 1 N–H and O–H groups in total. The SMILES string of the molecule is CCCCNc1c(C(=O)[O-])nnn1-c1ccc(C)cc1. The highest BCUT2D eigenvalue weighted by molar-refractivity contribution is 5.89. The standard InChI is InChI=1S/C14H18N4O2/c1-3-4-9-15-13-12(14(19)20)16-17-18(13)11-7-5-10(2)6-8-11/h5-8,15H,3-4,9H2,1-2H3,(H,19,20)/p-1. The molecule has 0 radical (unpaired) electrons. The van der Waals surface area contributed by atoms with Gasteiger partial charge in [-0.05, 0) is 25.5 Å². The number of carboxylic acid groups (broad SMARTS) is 1. The van der Waals surface area contributed by atoms with E-state index in [2.05, 4.69) is 22.6 Å². The van der Waals surface area contributed by atoms with Crippen LogP contribution in [-0.2, 0) is 0 Å². The molecule has 6 heteroatoms. The number of carboxylic acids is 1. The Morgan fingerprint density at radius 2 is 2.05 bits per heavy atom. The van der Waals surface area contributed by atoms with Crippen molar-refractivity contribution in [2.24, 2.45) is 0 Å². The van der Waals surface area contributed by atoms with Gasteiger partial charge in [0.05, 0.1) is 11.7 Å². The Balaban J connectivity index is 2.36. The van der Waals surface area contributed by atoms with Crippen molar-refractivity contribution in [2.45, 2.75) is 26.7 Å². The molecule has 106 valence electrons. The second-order valence-electron chi connectivity index (χ2n) is 4.60. The van der Waals surface area contributed by atoms with E-state index in [4.69, 9.17) is 0 Å². The third-order valence-corrected chi connectivity index (χ3v) is 2.96. The second kappa shape index (κ2) is 6.18. The van der Waals surface area contributed by atoms with Crippen LogP contribution in [0.15, 0.2) is 24.3 Å². The van der Waals surface area contributed by atoms with Crippen molar-refractivity contribution in [1.82, 2.24) is 15.0 Å². The highest BCUT2D eigenvalue weighted by Crippen LogP contribution is 2.18. The average Bonchev–Trinajstić information content (AvgIpc) is 2.84. The molecule has 2 rings (SSSR count). The van der Waals surface area contributed by atoms with Crippen molar-refractivity contribution in [1.29, 1.82) is 0 Å². The van der Waals surface area contributed by atoms with Crippen LogP contribution in [0, 0.1) is 6.92 Å². The zero-order valence-electron chi connectivity index (χ0n) is 11.6. The molecule has 1 aromatic carbocycles. The number of aromatic nitrogens is 3. The highest BCUT2D eigenvalue weighted by atomic mass is 16.4. The molecule has 20 heavy (non-hydrogen) atoms. The lowest BCUT2D eigenvalue weighted by molar-refractivity contribution is -0.255. The summed E-state index contributed by atoms with van der Waals surface area (Å²) >= 11 is 0. The second-order valence-corrected chi connectivity index (χ2v) is 4.60. The molecular weight excluding hydrogens is 256 g/mol. The number of anilines is 1. The predicted octanol–water partition coefficient (Wildman–Crippen LogP) is 1.15. The molecule has 0 saturated carbocycles. The third-order valence-electron chi connectivity index (χ3n) is 2.96. The van der Waals surface area contributed by atoms with E-state index in [0.29, 0.717) is 12.4 Å². The fourth-order valence-corrected chi connectivity index (χ4v) is 1.83. The first kappa shape index (κ1) is 14.0. The number of unbranched alkanes of at least 4 members (excludes halogenated alkanes) is 1. The van der Waals surface area contributed by atoms with E-state index in [1.54, 1.807) is 0 Å². The number of benzene rings is 1. The van der Waals surface area contributed by atoms with Crippen molar-refractivity contribution >= 4 is 11.8 Å². The van der Waals surface area contributed by atoms with Gasteiger partial charge in [-0.2, -0.15) is 4.68 Å². The van der Waals surface area contributed by atoms with Crippen molar-refractivity contribution in [3.05, 3.63) is 35.5 Å². The molecule has 0 saturated heterocycles. The van der Waals surface area contributed by atoms with Crippen LogP contribution in [0.2, 0.25) is 0 Å². The van der Waals surface area contributed by atoms with Crippen molar-refractivity contribution in [3.63, 3.8) is 0 Å². The lowest BCUT2D eigenvalue weighted by atomic mass is 10.2. The molecule has 0 aliphatic carbocycles. The van der Waals surface area contributed by atoms with Gasteiger partial charge in [0, 0.05) is 6.54 Å². The van der Waals surface area contributed by atoms with Crippen LogP contribution in [0.25, 0.3) is 5.69 Å². The van der Waals surface area contributed by atoms with Crippen LogP contribution >= 0.6 is 0 Å². The van der Waals surface area contributed by atoms with Gasteiger partial charge in [-0.15, -0.1) is 5.10 Å². The van der Waals surface area contributed by atoms with Crippen molar-refractivity contribution < 1.29 is 9.90 Å². The first-order valence-electron chi connectivity index (χ1n) is 6.61. The Morgan fingerprint density at radius 1 is 1.35 bits per heavy atom. The summed E-state index contributed by atoms with van der Waals surface area (Å²) in [6.07, 6.45) is 1.95. The first-order valence-corrected chi connectivity index (χ1v) is 6.61. The molecule has 0 atom stereocenters. The molecule has 0 unspecified atom stereocenters. The lowest BCUT2D eigenvalue weighted by Gasteiger charge is -2.10. The van der Waals surface area contributed by atoms with Crippen LogP contribution < -0.4 is 10.4 Å². The summed E-state index contributed by atoms with van der Waals surface area (Å²) in [4.78, 5) is 11.1. The summed E-state index contributed by atoms with van der Waals surface area (Å²) in [5.41, 5.74) is 1.71. The molecule has 6 nitrogen and oxygen atoms in total. The first-order chi connectivity index (χ1) is 9.63. The van der Waals surface area contributed by atoms with E-state index >= 15 is 0 Å². The number of carbonyl (C=O) groups is 1. The number of aryl methyl sites for hydroxylation is 1. The maximum absolute atomic E-state index is 11.1. The summed E-state index contributed by atoms with van der Waals surface area (Å²) in [5, 5.41) is 21.7. The molecular formula is C14H17N4O2-. The lowest BCUT2D eigenvalue weighted by Crippen LogP contribution is -2.24. The van der Waals surface area contributed by atoms with Crippen LogP contribution in [0.5, 0.6) is 0 Å². The van der Waals surface area contributed by atoms with E-state index in [-0.39, 0.29) is 5.69 Å². The molecule has 0 bridgehead atoms. The van der Waals surface area contributed by atoms with Gasteiger partial charge in [-0.25, -0.2) is 0 Å². The minimum Gasteiger partial charge on any atom is -0.543 e. The molecule has 2 aromatic rings. The molecule has 0 fully saturated rings. The minimum atomic E-state index is -1.33. The zero-order valence-corrected chi connectivity index (χ0v) is 11.6. The Labute approximate surface area is 117 Å². The maximum Gasteiger partial charge on any atom is 0.159 e. The van der Waals surface area contributed by atoms with Gasteiger partial charge in [0.2, 0.25) is 0 Å². The molecule has 0 amide bonds. The molecule has 0 spiro atoms. The number of nitrogens with zero attached hydrogens (tertiary/aromatic N) is 3. The van der Waals surface area contributed by atoms with Crippen molar-refractivity contribution in [3.8, 4) is 5.69 Å². The van der Waals surface area contributed by atoms with E-state index in [0.717, 1.165) is 24.1 Å². The minimum absolute atomic E-state index is 0.165. The maximum atomic E-state index is 11.1. The molecule has 1 heterocycles. The van der Waals surface area contributed by atoms with Gasteiger partial charge in [-0.1, -0.05) is 36.3 Å². The number of carbonyl (C=O) groups excluding carboxylic acids is 1. The van der Waals surface area contributed by atoms with E-state index < -0.39 is 5.97 Å². The average molecular weight is 273 g/mol. The normalized spacial score (nSPS) is 10.5. The fraction of sp³-hybridized carbons (Fsp3) is 0.357. The van der Waals surface area contributed by atoms with Crippen LogP contribution in [0.4, 0.5) is 5.82 Å². The van der Waals surface area contributed by atoms with E-state index in [9.17, 15) is 9.90 Å². The van der Waals surface area contributed by atoms with Crippen LogP contribution in [-0.4, -0.2) is 27.5 Å². The number of aromatic carboxylic acids is 1. The predicted molar refractivity (Wildman–Crippen MR) is 73.8 cm³/mol. The van der Waals surface area contributed by atoms with Gasteiger partial charge in [0.15, 0.2) is 11.5 Å². The van der Waals surface area contributed by atoms with Gasteiger partial charge < -0.3 is 15.2 Å². The van der Waals surface area contributed by atoms with Crippen LogP contribution in [0.1, 0.15) is 35.8 Å². The van der Waals surface area contributed by atoms with Gasteiger partial charge in [0.1, 0.15) is 0 Å².